The van der Waals surface area contributed by atoms with Crippen molar-refractivity contribution in [1.29, 1.82) is 0 Å². The maximum Gasteiger partial charge on any atom is 0.123 e. The highest BCUT2D eigenvalue weighted by atomic mass is 79.9. The van der Waals surface area contributed by atoms with E-state index < -0.39 is 0 Å². The maximum absolute atomic E-state index is 5.34. The molecule has 0 unspecified atom stereocenters. The number of ether oxygens (including phenoxy) is 1. The van der Waals surface area contributed by atoms with E-state index >= 15 is 0 Å². The largest absolute Gasteiger partial charge is 0.496 e. The van der Waals surface area contributed by atoms with Gasteiger partial charge in [0.15, 0.2) is 0 Å². The summed E-state index contributed by atoms with van der Waals surface area (Å²) in [6, 6.07) is 6.11. The average molecular weight is 300 g/mol. The first kappa shape index (κ1) is 14.5. The number of benzene rings is 1. The third-order valence-corrected chi connectivity index (χ3v) is 3.26. The first-order valence-electron chi connectivity index (χ1n) is 6.31. The highest BCUT2D eigenvalue weighted by Gasteiger charge is 2.02. The van der Waals surface area contributed by atoms with Gasteiger partial charge in [0.1, 0.15) is 5.75 Å². The van der Waals surface area contributed by atoms with Crippen LogP contribution in [0.2, 0.25) is 0 Å². The van der Waals surface area contributed by atoms with Crippen molar-refractivity contribution in [3.63, 3.8) is 0 Å². The number of hydrogen-bond donors (Lipinski definition) is 1. The predicted molar refractivity (Wildman–Crippen MR) is 76.5 cm³/mol. The van der Waals surface area contributed by atoms with Crippen molar-refractivity contribution < 1.29 is 4.74 Å². The Hall–Kier alpha value is -0.540. The van der Waals surface area contributed by atoms with Gasteiger partial charge in [-0.05, 0) is 31.2 Å². The van der Waals surface area contributed by atoms with Gasteiger partial charge < -0.3 is 10.1 Å². The zero-order chi connectivity index (χ0) is 12.5. The monoisotopic (exact) mass is 299 g/mol. The van der Waals surface area contributed by atoms with Gasteiger partial charge in [-0.15, -0.1) is 0 Å². The minimum absolute atomic E-state index is 0.870. The molecule has 0 atom stereocenters. The van der Waals surface area contributed by atoms with E-state index in [1.807, 2.05) is 12.1 Å². The van der Waals surface area contributed by atoms with E-state index in [9.17, 15) is 0 Å². The van der Waals surface area contributed by atoms with Crippen molar-refractivity contribution >= 4 is 15.9 Å². The summed E-state index contributed by atoms with van der Waals surface area (Å²) in [4.78, 5) is 0. The van der Waals surface area contributed by atoms with E-state index in [4.69, 9.17) is 4.74 Å². The number of halogens is 1. The van der Waals surface area contributed by atoms with Crippen molar-refractivity contribution in [3.05, 3.63) is 28.2 Å². The number of rotatable bonds is 8. The van der Waals surface area contributed by atoms with Gasteiger partial charge in [-0.3, -0.25) is 0 Å². The summed E-state index contributed by atoms with van der Waals surface area (Å²) in [5, 5.41) is 3.46. The van der Waals surface area contributed by atoms with Crippen LogP contribution in [0.1, 0.15) is 38.2 Å². The lowest BCUT2D eigenvalue weighted by Crippen LogP contribution is -2.15. The van der Waals surface area contributed by atoms with Crippen molar-refractivity contribution in [3.8, 4) is 5.75 Å². The molecule has 0 amide bonds. The van der Waals surface area contributed by atoms with Gasteiger partial charge in [-0.1, -0.05) is 42.1 Å². The molecule has 96 valence electrons. The molecule has 2 nitrogen and oxygen atoms in total. The van der Waals surface area contributed by atoms with Crippen LogP contribution >= 0.6 is 15.9 Å². The normalized spacial score (nSPS) is 10.5. The zero-order valence-corrected chi connectivity index (χ0v) is 12.3. The van der Waals surface area contributed by atoms with Crippen LogP contribution < -0.4 is 10.1 Å². The molecule has 1 N–H and O–H groups in total. The van der Waals surface area contributed by atoms with Crippen LogP contribution in [0.25, 0.3) is 0 Å². The van der Waals surface area contributed by atoms with Crippen LogP contribution in [0.3, 0.4) is 0 Å². The molecule has 0 spiro atoms. The van der Waals surface area contributed by atoms with Gasteiger partial charge >= 0.3 is 0 Å². The molecule has 1 aromatic rings. The molecule has 0 heterocycles. The Morgan fingerprint density at radius 1 is 1.24 bits per heavy atom. The maximum atomic E-state index is 5.34. The molecule has 0 aliphatic rings. The number of nitrogens with one attached hydrogen (secondary N) is 1. The summed E-state index contributed by atoms with van der Waals surface area (Å²) in [6.07, 6.45) is 5.20. The Morgan fingerprint density at radius 2 is 2.06 bits per heavy atom. The molecule has 0 aliphatic heterocycles. The van der Waals surface area contributed by atoms with E-state index in [-0.39, 0.29) is 0 Å². The van der Waals surface area contributed by atoms with Gasteiger partial charge in [-0.25, -0.2) is 0 Å². The zero-order valence-electron chi connectivity index (χ0n) is 10.8. The highest BCUT2D eigenvalue weighted by Crippen LogP contribution is 2.22. The molecule has 3 heteroatoms. The Morgan fingerprint density at radius 3 is 2.76 bits per heavy atom. The summed E-state index contributed by atoms with van der Waals surface area (Å²) in [6.45, 7) is 4.18. The molecular weight excluding hydrogens is 278 g/mol. The van der Waals surface area contributed by atoms with E-state index in [0.29, 0.717) is 0 Å². The van der Waals surface area contributed by atoms with Crippen LogP contribution in [-0.2, 0) is 6.54 Å². The molecule has 17 heavy (non-hydrogen) atoms. The minimum Gasteiger partial charge on any atom is -0.496 e. The Labute approximate surface area is 113 Å². The third kappa shape index (κ3) is 5.55. The van der Waals surface area contributed by atoms with E-state index in [2.05, 4.69) is 34.2 Å². The van der Waals surface area contributed by atoms with Crippen LogP contribution in [0.5, 0.6) is 5.75 Å². The van der Waals surface area contributed by atoms with E-state index in [1.165, 1.54) is 31.2 Å². The summed E-state index contributed by atoms with van der Waals surface area (Å²) >= 11 is 3.49. The van der Waals surface area contributed by atoms with Crippen LogP contribution in [-0.4, -0.2) is 13.7 Å². The average Bonchev–Trinajstić information content (AvgIpc) is 2.34. The summed E-state index contributed by atoms with van der Waals surface area (Å²) in [5.41, 5.74) is 1.21. The second-order valence-electron chi connectivity index (χ2n) is 4.19. The Balaban J connectivity index is 2.32. The molecule has 0 saturated carbocycles. The number of methoxy groups -OCH3 is 1. The predicted octanol–water partition coefficient (Wildman–Crippen LogP) is 4.13. The van der Waals surface area contributed by atoms with Crippen LogP contribution in [0.15, 0.2) is 22.7 Å². The minimum atomic E-state index is 0.870. The van der Waals surface area contributed by atoms with Gasteiger partial charge in [0.25, 0.3) is 0 Å². The second kappa shape index (κ2) is 8.54. The second-order valence-corrected chi connectivity index (χ2v) is 5.11. The molecule has 1 aromatic carbocycles. The molecule has 0 aliphatic carbocycles. The fourth-order valence-electron chi connectivity index (χ4n) is 1.79. The summed E-state index contributed by atoms with van der Waals surface area (Å²) in [5.74, 6) is 0.953. The first-order chi connectivity index (χ1) is 8.27. The van der Waals surface area contributed by atoms with E-state index in [1.54, 1.807) is 7.11 Å². The molecule has 0 bridgehead atoms. The Bertz CT molecular complexity index is 328. The Kier molecular flexibility index (Phi) is 7.29. The van der Waals surface area contributed by atoms with Gasteiger partial charge in [-0.2, -0.15) is 0 Å². The lowest BCUT2D eigenvalue weighted by Gasteiger charge is -2.10. The highest BCUT2D eigenvalue weighted by molar-refractivity contribution is 9.10. The molecule has 0 fully saturated rings. The summed E-state index contributed by atoms with van der Waals surface area (Å²) < 4.78 is 6.43. The van der Waals surface area contributed by atoms with Crippen LogP contribution in [0.4, 0.5) is 0 Å². The van der Waals surface area contributed by atoms with Crippen molar-refractivity contribution in [1.82, 2.24) is 5.32 Å². The first-order valence-corrected chi connectivity index (χ1v) is 7.10. The van der Waals surface area contributed by atoms with Gasteiger partial charge in [0.05, 0.1) is 7.11 Å². The quantitative estimate of drug-likeness (QED) is 0.729. The fourth-order valence-corrected chi connectivity index (χ4v) is 2.19. The van der Waals surface area contributed by atoms with Gasteiger partial charge in [0, 0.05) is 16.6 Å². The summed E-state index contributed by atoms with van der Waals surface area (Å²) in [7, 11) is 1.72. The fraction of sp³-hybridized carbons (Fsp3) is 0.571. The molecular formula is C14H22BrNO. The van der Waals surface area contributed by atoms with Crippen LogP contribution in [0, 0.1) is 0 Å². The van der Waals surface area contributed by atoms with Crippen molar-refractivity contribution in [2.45, 2.75) is 39.2 Å². The van der Waals surface area contributed by atoms with E-state index in [0.717, 1.165) is 23.3 Å². The molecule has 0 radical (unpaired) electrons. The SMILES string of the molecule is CCCCCCNCc1cc(Br)ccc1OC. The lowest BCUT2D eigenvalue weighted by molar-refractivity contribution is 0.407. The number of hydrogen-bond acceptors (Lipinski definition) is 2. The topological polar surface area (TPSA) is 21.3 Å². The van der Waals surface area contributed by atoms with Gasteiger partial charge in [0.2, 0.25) is 0 Å². The third-order valence-electron chi connectivity index (χ3n) is 2.77. The van der Waals surface area contributed by atoms with Crippen molar-refractivity contribution in [2.75, 3.05) is 13.7 Å². The number of unbranched alkanes of at least 4 members (excludes halogenated alkanes) is 3. The smallest absolute Gasteiger partial charge is 0.123 e. The molecule has 0 aromatic heterocycles. The van der Waals surface area contributed by atoms with Crippen molar-refractivity contribution in [2.24, 2.45) is 0 Å². The standard InChI is InChI=1S/C14H22BrNO/c1-3-4-5-6-9-16-11-12-10-13(15)7-8-14(12)17-2/h7-8,10,16H,3-6,9,11H2,1-2H3. The molecule has 1 rings (SSSR count). The molecule has 0 saturated heterocycles. The lowest BCUT2D eigenvalue weighted by atomic mass is 10.2.